The molecule has 0 bridgehead atoms. The Labute approximate surface area is 170 Å². The van der Waals surface area contributed by atoms with Crippen molar-refractivity contribution in [1.29, 1.82) is 0 Å². The number of likely N-dealkylation sites (tertiary alicyclic amines) is 1. The zero-order valence-electron chi connectivity index (χ0n) is 17.3. The SMILES string of the molecule is CC(=O)NC[C@H]1CN(C2=CCC(N3CCC(F)(CN(C)C)CC3)C(F)=C2)C(=O)O1. The summed E-state index contributed by atoms with van der Waals surface area (Å²) in [6, 6.07) is -0.420. The summed E-state index contributed by atoms with van der Waals surface area (Å²) in [6.07, 6.45) is 3.38. The summed E-state index contributed by atoms with van der Waals surface area (Å²) in [5.41, 5.74) is -0.753. The molecule has 29 heavy (non-hydrogen) atoms. The number of nitrogens with zero attached hydrogens (tertiary/aromatic N) is 3. The predicted molar refractivity (Wildman–Crippen MR) is 105 cm³/mol. The van der Waals surface area contributed by atoms with E-state index in [2.05, 4.69) is 5.32 Å². The maximum Gasteiger partial charge on any atom is 0.414 e. The van der Waals surface area contributed by atoms with Crippen molar-refractivity contribution >= 4 is 12.0 Å². The van der Waals surface area contributed by atoms with Gasteiger partial charge in [-0.1, -0.05) is 6.08 Å². The van der Waals surface area contributed by atoms with Gasteiger partial charge in [-0.05, 0) is 39.4 Å². The molecular weight excluding hydrogens is 382 g/mol. The molecule has 7 nitrogen and oxygen atoms in total. The molecule has 0 spiro atoms. The Balaban J connectivity index is 1.56. The highest BCUT2D eigenvalue weighted by atomic mass is 19.1. The fraction of sp³-hybridized carbons (Fsp3) is 0.700. The number of amides is 2. The molecule has 0 aromatic heterocycles. The Bertz CT molecular complexity index is 702. The monoisotopic (exact) mass is 412 g/mol. The number of cyclic esters (lactones) is 1. The lowest BCUT2D eigenvalue weighted by Crippen LogP contribution is -2.50. The molecule has 0 saturated carbocycles. The van der Waals surface area contributed by atoms with Crippen LogP contribution in [0.4, 0.5) is 13.6 Å². The molecule has 3 rings (SSSR count). The maximum absolute atomic E-state index is 14.9. The van der Waals surface area contributed by atoms with Crippen molar-refractivity contribution in [2.75, 3.05) is 46.8 Å². The first-order valence-electron chi connectivity index (χ1n) is 10.0. The third-order valence-corrected chi connectivity index (χ3v) is 5.65. The molecule has 2 saturated heterocycles. The number of nitrogens with one attached hydrogen (secondary N) is 1. The molecule has 0 radical (unpaired) electrons. The first-order chi connectivity index (χ1) is 13.7. The second-order valence-corrected chi connectivity index (χ2v) is 8.39. The minimum absolute atomic E-state index is 0.199. The Hall–Kier alpha value is -2.00. The normalized spacial score (nSPS) is 27.5. The van der Waals surface area contributed by atoms with Crippen molar-refractivity contribution in [3.63, 3.8) is 0 Å². The van der Waals surface area contributed by atoms with Gasteiger partial charge in [-0.15, -0.1) is 0 Å². The third kappa shape index (κ3) is 5.33. The molecule has 0 aromatic carbocycles. The summed E-state index contributed by atoms with van der Waals surface area (Å²) in [7, 11) is 3.71. The molecule has 1 unspecified atom stereocenters. The van der Waals surface area contributed by atoms with Crippen LogP contribution < -0.4 is 5.32 Å². The van der Waals surface area contributed by atoms with Gasteiger partial charge in [0, 0.05) is 32.3 Å². The highest BCUT2D eigenvalue weighted by molar-refractivity contribution is 5.74. The largest absolute Gasteiger partial charge is 0.442 e. The lowest BCUT2D eigenvalue weighted by Gasteiger charge is -2.41. The number of halogens is 2. The number of alkyl halides is 1. The predicted octanol–water partition coefficient (Wildman–Crippen LogP) is 1.82. The summed E-state index contributed by atoms with van der Waals surface area (Å²) in [4.78, 5) is 28.4. The Morgan fingerprint density at radius 2 is 2.07 bits per heavy atom. The van der Waals surface area contributed by atoms with Gasteiger partial charge < -0.3 is 15.0 Å². The van der Waals surface area contributed by atoms with Gasteiger partial charge in [0.1, 0.15) is 17.6 Å². The van der Waals surface area contributed by atoms with Crippen LogP contribution in [-0.2, 0) is 9.53 Å². The smallest absolute Gasteiger partial charge is 0.414 e. The molecule has 2 heterocycles. The van der Waals surface area contributed by atoms with E-state index in [-0.39, 0.29) is 24.8 Å². The minimum atomic E-state index is -1.22. The van der Waals surface area contributed by atoms with Crippen molar-refractivity contribution in [1.82, 2.24) is 20.0 Å². The molecule has 2 aliphatic heterocycles. The Kier molecular flexibility index (Phi) is 6.58. The molecule has 1 aliphatic carbocycles. The van der Waals surface area contributed by atoms with E-state index in [9.17, 15) is 18.4 Å². The van der Waals surface area contributed by atoms with Gasteiger partial charge in [0.2, 0.25) is 5.91 Å². The van der Waals surface area contributed by atoms with Crippen LogP contribution >= 0.6 is 0 Å². The van der Waals surface area contributed by atoms with Crippen LogP contribution in [0.1, 0.15) is 26.2 Å². The molecule has 2 atom stereocenters. The van der Waals surface area contributed by atoms with E-state index in [1.807, 2.05) is 30.0 Å². The van der Waals surface area contributed by atoms with E-state index in [0.717, 1.165) is 0 Å². The first-order valence-corrected chi connectivity index (χ1v) is 10.0. The van der Waals surface area contributed by atoms with Crippen LogP contribution in [0.15, 0.2) is 23.7 Å². The number of piperidine rings is 1. The number of carbonyl (C=O) groups excluding carboxylic acids is 2. The Morgan fingerprint density at radius 3 is 2.66 bits per heavy atom. The van der Waals surface area contributed by atoms with Gasteiger partial charge in [0.15, 0.2) is 0 Å². The Morgan fingerprint density at radius 1 is 1.38 bits per heavy atom. The zero-order valence-corrected chi connectivity index (χ0v) is 17.3. The summed E-state index contributed by atoms with van der Waals surface area (Å²) in [5, 5.41) is 2.62. The van der Waals surface area contributed by atoms with Crippen LogP contribution in [0.3, 0.4) is 0 Å². The average molecular weight is 412 g/mol. The van der Waals surface area contributed by atoms with Gasteiger partial charge >= 0.3 is 6.09 Å². The number of hydrogen-bond acceptors (Lipinski definition) is 5. The highest BCUT2D eigenvalue weighted by Crippen LogP contribution is 2.33. The number of carbonyl (C=O) groups is 2. The fourth-order valence-corrected chi connectivity index (χ4v) is 4.21. The van der Waals surface area contributed by atoms with Gasteiger partial charge in [0.25, 0.3) is 0 Å². The van der Waals surface area contributed by atoms with Crippen molar-refractivity contribution in [2.24, 2.45) is 0 Å². The van der Waals surface area contributed by atoms with Crippen LogP contribution in [0.2, 0.25) is 0 Å². The number of hydrogen-bond donors (Lipinski definition) is 1. The average Bonchev–Trinajstić information content (AvgIpc) is 3.01. The summed E-state index contributed by atoms with van der Waals surface area (Å²) < 4.78 is 34.9. The van der Waals surface area contributed by atoms with E-state index in [0.29, 0.717) is 44.6 Å². The van der Waals surface area contributed by atoms with Gasteiger partial charge in [-0.2, -0.15) is 0 Å². The molecule has 0 aromatic rings. The van der Waals surface area contributed by atoms with Gasteiger partial charge in [-0.25, -0.2) is 13.6 Å². The molecule has 9 heteroatoms. The van der Waals surface area contributed by atoms with Crippen molar-refractivity contribution in [2.45, 2.75) is 44.0 Å². The molecular formula is C20H30F2N4O3. The zero-order chi connectivity index (χ0) is 21.2. The molecule has 2 amide bonds. The minimum Gasteiger partial charge on any atom is -0.442 e. The van der Waals surface area contributed by atoms with Crippen LogP contribution in [-0.4, -0.2) is 91.3 Å². The van der Waals surface area contributed by atoms with E-state index >= 15 is 0 Å². The van der Waals surface area contributed by atoms with E-state index in [4.69, 9.17) is 4.74 Å². The van der Waals surface area contributed by atoms with Gasteiger partial charge in [0.05, 0.1) is 19.1 Å². The van der Waals surface area contributed by atoms with Gasteiger partial charge in [-0.3, -0.25) is 14.6 Å². The quantitative estimate of drug-likeness (QED) is 0.721. The van der Waals surface area contributed by atoms with Crippen molar-refractivity contribution < 1.29 is 23.1 Å². The maximum atomic E-state index is 14.9. The van der Waals surface area contributed by atoms with E-state index < -0.39 is 23.9 Å². The second kappa shape index (κ2) is 8.79. The van der Waals surface area contributed by atoms with Crippen LogP contribution in [0, 0.1) is 0 Å². The summed E-state index contributed by atoms with van der Waals surface area (Å²) in [5.74, 6) is -0.519. The second-order valence-electron chi connectivity index (χ2n) is 8.39. The summed E-state index contributed by atoms with van der Waals surface area (Å²) in [6.45, 7) is 3.27. The third-order valence-electron chi connectivity index (χ3n) is 5.65. The topological polar surface area (TPSA) is 65.1 Å². The number of allylic oxidation sites excluding steroid dienone is 1. The van der Waals surface area contributed by atoms with Crippen molar-refractivity contribution in [3.05, 3.63) is 23.7 Å². The molecule has 3 aliphatic rings. The van der Waals surface area contributed by atoms with Crippen LogP contribution in [0.5, 0.6) is 0 Å². The molecule has 2 fully saturated rings. The first kappa shape index (κ1) is 21.7. The molecule has 162 valence electrons. The standard InChI is InChI=1S/C20H30F2N4O3/c1-14(27)23-11-16-12-26(19(28)29-16)15-4-5-18(17(21)10-15)25-8-6-20(22,7-9-25)13-24(2)3/h4,10,16,18H,5-9,11-13H2,1-3H3,(H,23,27)/t16-,18?/m0/s1. The fourth-order valence-electron chi connectivity index (χ4n) is 4.21. The van der Waals surface area contributed by atoms with Crippen molar-refractivity contribution in [3.8, 4) is 0 Å². The number of ether oxygens (including phenoxy) is 1. The lowest BCUT2D eigenvalue weighted by atomic mass is 9.90. The molecule has 1 N–H and O–H groups in total. The summed E-state index contributed by atoms with van der Waals surface area (Å²) >= 11 is 0. The lowest BCUT2D eigenvalue weighted by molar-refractivity contribution is -0.119. The highest BCUT2D eigenvalue weighted by Gasteiger charge is 2.39. The van der Waals surface area contributed by atoms with E-state index in [1.54, 1.807) is 0 Å². The van der Waals surface area contributed by atoms with Crippen LogP contribution in [0.25, 0.3) is 0 Å². The van der Waals surface area contributed by atoms with E-state index in [1.165, 1.54) is 17.9 Å². The number of rotatable bonds is 6.